The molecule has 0 bridgehead atoms. The molecular formula is C13H15NO4S. The lowest BCUT2D eigenvalue weighted by atomic mass is 10.1. The number of carbonyl (C=O) groups is 1. The van der Waals surface area contributed by atoms with Crippen molar-refractivity contribution in [2.45, 2.75) is 24.9 Å². The highest BCUT2D eigenvalue weighted by atomic mass is 32.2. The number of aromatic carboxylic acids is 1. The molecule has 5 nitrogen and oxygen atoms in total. The number of nitrogens with one attached hydrogen (secondary N) is 1. The first kappa shape index (κ1) is 13.6. The van der Waals surface area contributed by atoms with Gasteiger partial charge >= 0.3 is 5.97 Å². The van der Waals surface area contributed by atoms with Crippen molar-refractivity contribution in [3.8, 4) is 0 Å². The number of carboxylic acids is 1. The first-order chi connectivity index (χ1) is 8.81. The fourth-order valence-electron chi connectivity index (χ4n) is 1.86. The summed E-state index contributed by atoms with van der Waals surface area (Å²) in [6, 6.07) is 6.45. The maximum atomic E-state index is 11.9. The molecule has 0 atom stereocenters. The topological polar surface area (TPSA) is 87.2 Å². The van der Waals surface area contributed by atoms with Gasteiger partial charge in [0.2, 0.25) is 0 Å². The Morgan fingerprint density at radius 1 is 1.37 bits per heavy atom. The van der Waals surface area contributed by atoms with Gasteiger partial charge in [-0.2, -0.15) is 0 Å². The van der Waals surface area contributed by atoms with Crippen LogP contribution < -0.4 is 0 Å². The van der Waals surface area contributed by atoms with E-state index in [9.17, 15) is 13.2 Å². The van der Waals surface area contributed by atoms with E-state index in [0.29, 0.717) is 16.6 Å². The van der Waals surface area contributed by atoms with E-state index in [1.807, 2.05) is 0 Å². The summed E-state index contributed by atoms with van der Waals surface area (Å²) in [7, 11) is -3.21. The average molecular weight is 281 g/mol. The van der Waals surface area contributed by atoms with Crippen LogP contribution in [0.5, 0.6) is 0 Å². The molecule has 0 radical (unpaired) electrons. The molecule has 0 amide bonds. The third-order valence-electron chi connectivity index (χ3n) is 3.03. The predicted octanol–water partition coefficient (Wildman–Crippen LogP) is 2.19. The van der Waals surface area contributed by atoms with E-state index >= 15 is 0 Å². The van der Waals surface area contributed by atoms with Crippen LogP contribution in [0.15, 0.2) is 24.3 Å². The first-order valence-corrected chi connectivity index (χ1v) is 7.58. The Bertz CT molecular complexity index is 728. The SMILES string of the molecule is CC(C)S(=O)(=O)Cc1cc2c(C(=O)O)cccc2[nH]1. The van der Waals surface area contributed by atoms with Crippen molar-refractivity contribution in [1.82, 2.24) is 4.98 Å². The summed E-state index contributed by atoms with van der Waals surface area (Å²) in [4.78, 5) is 14.0. The van der Waals surface area contributed by atoms with Crippen molar-refractivity contribution < 1.29 is 18.3 Å². The molecule has 0 fully saturated rings. The van der Waals surface area contributed by atoms with Gasteiger partial charge in [-0.3, -0.25) is 0 Å². The van der Waals surface area contributed by atoms with Crippen LogP contribution >= 0.6 is 0 Å². The Morgan fingerprint density at radius 2 is 2.05 bits per heavy atom. The van der Waals surface area contributed by atoms with E-state index in [0.717, 1.165) is 0 Å². The molecule has 1 aromatic carbocycles. The molecule has 0 aliphatic carbocycles. The van der Waals surface area contributed by atoms with Crippen LogP contribution in [-0.4, -0.2) is 29.7 Å². The van der Waals surface area contributed by atoms with Crippen molar-refractivity contribution in [2.75, 3.05) is 0 Å². The predicted molar refractivity (Wildman–Crippen MR) is 73.0 cm³/mol. The van der Waals surface area contributed by atoms with E-state index in [4.69, 9.17) is 5.11 Å². The second-order valence-corrected chi connectivity index (χ2v) is 7.28. The van der Waals surface area contributed by atoms with Crippen molar-refractivity contribution in [1.29, 1.82) is 0 Å². The van der Waals surface area contributed by atoms with Gasteiger partial charge in [-0.25, -0.2) is 13.2 Å². The van der Waals surface area contributed by atoms with Gasteiger partial charge in [-0.05, 0) is 32.0 Å². The summed E-state index contributed by atoms with van der Waals surface area (Å²) in [5.41, 5.74) is 1.31. The van der Waals surface area contributed by atoms with Gasteiger partial charge in [0.1, 0.15) is 0 Å². The van der Waals surface area contributed by atoms with Gasteiger partial charge in [-0.1, -0.05) is 6.07 Å². The van der Waals surface area contributed by atoms with Crippen molar-refractivity contribution in [2.24, 2.45) is 0 Å². The molecule has 2 aromatic rings. The average Bonchev–Trinajstić information content (AvgIpc) is 2.69. The van der Waals surface area contributed by atoms with E-state index < -0.39 is 21.1 Å². The van der Waals surface area contributed by atoms with Gasteiger partial charge in [0.05, 0.1) is 16.6 Å². The highest BCUT2D eigenvalue weighted by molar-refractivity contribution is 7.91. The monoisotopic (exact) mass is 281 g/mol. The smallest absolute Gasteiger partial charge is 0.336 e. The molecule has 2 N–H and O–H groups in total. The van der Waals surface area contributed by atoms with Gasteiger partial charge in [0.25, 0.3) is 0 Å². The summed E-state index contributed by atoms with van der Waals surface area (Å²) in [6.07, 6.45) is 0. The molecular weight excluding hydrogens is 266 g/mol. The molecule has 1 heterocycles. The number of fused-ring (bicyclic) bond motifs is 1. The Hall–Kier alpha value is -1.82. The van der Waals surface area contributed by atoms with Crippen LogP contribution in [0.3, 0.4) is 0 Å². The Morgan fingerprint density at radius 3 is 2.63 bits per heavy atom. The normalized spacial score (nSPS) is 12.2. The molecule has 19 heavy (non-hydrogen) atoms. The zero-order valence-corrected chi connectivity index (χ0v) is 11.5. The second-order valence-electron chi connectivity index (χ2n) is 4.72. The Labute approximate surface area is 111 Å². The van der Waals surface area contributed by atoms with E-state index in [1.54, 1.807) is 32.0 Å². The molecule has 1 aromatic heterocycles. The lowest BCUT2D eigenvalue weighted by Gasteiger charge is -2.05. The molecule has 0 unspecified atom stereocenters. The summed E-state index contributed by atoms with van der Waals surface area (Å²) < 4.78 is 23.7. The molecule has 0 aliphatic heterocycles. The molecule has 6 heteroatoms. The highest BCUT2D eigenvalue weighted by Crippen LogP contribution is 2.22. The van der Waals surface area contributed by atoms with Crippen LogP contribution in [0.1, 0.15) is 29.9 Å². The quantitative estimate of drug-likeness (QED) is 0.899. The minimum atomic E-state index is -3.21. The molecule has 102 valence electrons. The third kappa shape index (κ3) is 2.63. The second kappa shape index (κ2) is 4.70. The minimum Gasteiger partial charge on any atom is -0.478 e. The van der Waals surface area contributed by atoms with E-state index in [1.165, 1.54) is 6.07 Å². The van der Waals surface area contributed by atoms with Crippen LogP contribution in [0, 0.1) is 0 Å². The highest BCUT2D eigenvalue weighted by Gasteiger charge is 2.19. The maximum Gasteiger partial charge on any atom is 0.336 e. The molecule has 2 rings (SSSR count). The number of aromatic amines is 1. The van der Waals surface area contributed by atoms with E-state index in [2.05, 4.69) is 4.98 Å². The first-order valence-electron chi connectivity index (χ1n) is 5.87. The largest absolute Gasteiger partial charge is 0.478 e. The summed E-state index contributed by atoms with van der Waals surface area (Å²) in [5.74, 6) is -1.14. The maximum absolute atomic E-state index is 11.9. The number of carboxylic acid groups (broad SMARTS) is 1. The van der Waals surface area contributed by atoms with Crippen molar-refractivity contribution in [3.63, 3.8) is 0 Å². The number of hydrogen-bond donors (Lipinski definition) is 2. The molecule has 0 saturated heterocycles. The minimum absolute atomic E-state index is 0.113. The number of benzene rings is 1. The fraction of sp³-hybridized carbons (Fsp3) is 0.308. The van der Waals surface area contributed by atoms with Gasteiger partial charge < -0.3 is 10.1 Å². The summed E-state index contributed by atoms with van der Waals surface area (Å²) in [5, 5.41) is 9.15. The number of aromatic nitrogens is 1. The molecule has 0 aliphatic rings. The van der Waals surface area contributed by atoms with Gasteiger partial charge in [-0.15, -0.1) is 0 Å². The third-order valence-corrected chi connectivity index (χ3v) is 5.18. The van der Waals surface area contributed by atoms with Crippen LogP contribution in [0.2, 0.25) is 0 Å². The van der Waals surface area contributed by atoms with Gasteiger partial charge in [0, 0.05) is 16.6 Å². The zero-order chi connectivity index (χ0) is 14.2. The zero-order valence-electron chi connectivity index (χ0n) is 10.7. The lowest BCUT2D eigenvalue weighted by molar-refractivity contribution is 0.0699. The Balaban J connectivity index is 2.49. The van der Waals surface area contributed by atoms with Gasteiger partial charge in [0.15, 0.2) is 9.84 Å². The lowest BCUT2D eigenvalue weighted by Crippen LogP contribution is -2.16. The number of hydrogen-bond acceptors (Lipinski definition) is 3. The standard InChI is InChI=1S/C13H15NO4S/c1-8(2)19(17,18)7-9-6-11-10(13(15)16)4-3-5-12(11)14-9/h3-6,8,14H,7H2,1-2H3,(H,15,16). The number of sulfone groups is 1. The van der Waals surface area contributed by atoms with Crippen molar-refractivity contribution in [3.05, 3.63) is 35.5 Å². The van der Waals surface area contributed by atoms with Crippen molar-refractivity contribution >= 4 is 26.7 Å². The Kier molecular flexibility index (Phi) is 3.36. The summed E-state index contributed by atoms with van der Waals surface area (Å²) in [6.45, 7) is 3.25. The number of H-pyrrole nitrogens is 1. The van der Waals surface area contributed by atoms with Crippen LogP contribution in [0.4, 0.5) is 0 Å². The molecule has 0 saturated carbocycles. The van der Waals surface area contributed by atoms with E-state index in [-0.39, 0.29) is 11.3 Å². The van der Waals surface area contributed by atoms with Crippen LogP contribution in [-0.2, 0) is 15.6 Å². The fourth-order valence-corrected chi connectivity index (χ4v) is 2.78. The molecule has 0 spiro atoms. The summed E-state index contributed by atoms with van der Waals surface area (Å²) >= 11 is 0. The van der Waals surface area contributed by atoms with Crippen LogP contribution in [0.25, 0.3) is 10.9 Å². The number of rotatable bonds is 4.